The van der Waals surface area contributed by atoms with Crippen LogP contribution in [0.2, 0.25) is 13.6 Å². The Morgan fingerprint density at radius 3 is 1.80 bits per heavy atom. The molecule has 0 atom stereocenters. The van der Waals surface area contributed by atoms with E-state index < -0.39 is 0 Å². The Balaban J connectivity index is 2.54. The Morgan fingerprint density at radius 2 is 1.80 bits per heavy atom. The van der Waals surface area contributed by atoms with Crippen molar-refractivity contribution in [3.63, 3.8) is 0 Å². The lowest BCUT2D eigenvalue weighted by Gasteiger charge is -1.85. The van der Waals surface area contributed by atoms with Crippen LogP contribution in [0.15, 0.2) is 0 Å². The molecule has 0 amide bonds. The van der Waals surface area contributed by atoms with Crippen LogP contribution in [-0.4, -0.2) is 6.92 Å². The van der Waals surface area contributed by atoms with E-state index in [1.54, 1.807) is 0 Å². The van der Waals surface area contributed by atoms with Gasteiger partial charge in [-0.15, -0.1) is 0 Å². The zero-order chi connectivity index (χ0) is 4.28. The normalized spacial score (nSPS) is 7.80. The first-order chi connectivity index (χ1) is 2.27. The number of halogens is 1. The summed E-state index contributed by atoms with van der Waals surface area (Å²) in [6.07, 6.45) is 0. The molecule has 0 aliphatic heterocycles. The van der Waals surface area contributed by atoms with Crippen LogP contribution in [0.3, 0.4) is 0 Å². The standard InChI is InChI=1S/C2H6BIO/c1-3(2)5-4/h1-2H3. The lowest BCUT2D eigenvalue weighted by atomic mass is 9.76. The van der Waals surface area contributed by atoms with Gasteiger partial charge >= 0.3 is 6.92 Å². The summed E-state index contributed by atoms with van der Waals surface area (Å²) >= 11 is 1.88. The van der Waals surface area contributed by atoms with E-state index in [0.29, 0.717) is 6.92 Å². The molecule has 0 rings (SSSR count). The summed E-state index contributed by atoms with van der Waals surface area (Å²) < 4.78 is 4.72. The van der Waals surface area contributed by atoms with Crippen molar-refractivity contribution in [3.8, 4) is 0 Å². The van der Waals surface area contributed by atoms with E-state index in [1.807, 2.05) is 36.7 Å². The Bertz CT molecular complexity index is 23.6. The molecule has 1 nitrogen and oxygen atoms in total. The lowest BCUT2D eigenvalue weighted by molar-refractivity contribution is 0.758. The van der Waals surface area contributed by atoms with E-state index in [2.05, 4.69) is 0 Å². The maximum Gasteiger partial charge on any atom is 0.302 e. The van der Waals surface area contributed by atoms with Crippen molar-refractivity contribution in [1.29, 1.82) is 0 Å². The first-order valence-corrected chi connectivity index (χ1v) is 2.43. The number of hydrogen-bond acceptors (Lipinski definition) is 1. The molecule has 0 aliphatic carbocycles. The Labute approximate surface area is 46.9 Å². The first kappa shape index (κ1) is 5.75. The quantitative estimate of drug-likeness (QED) is 0.444. The second-order valence-corrected chi connectivity index (χ2v) is 1.65. The second kappa shape index (κ2) is 2.97. The van der Waals surface area contributed by atoms with Crippen molar-refractivity contribution in [1.82, 2.24) is 0 Å². The third-order valence-corrected chi connectivity index (χ3v) is 1.20. The van der Waals surface area contributed by atoms with Gasteiger partial charge in [-0.2, -0.15) is 0 Å². The van der Waals surface area contributed by atoms with Crippen LogP contribution in [0.4, 0.5) is 0 Å². The summed E-state index contributed by atoms with van der Waals surface area (Å²) in [5, 5.41) is 0. The lowest BCUT2D eigenvalue weighted by Crippen LogP contribution is -1.95. The molecule has 0 saturated heterocycles. The summed E-state index contributed by atoms with van der Waals surface area (Å²) in [5.41, 5.74) is 0. The maximum absolute atomic E-state index is 4.72. The van der Waals surface area contributed by atoms with E-state index in [0.717, 1.165) is 0 Å². The molecule has 0 aromatic carbocycles. The van der Waals surface area contributed by atoms with Crippen molar-refractivity contribution >= 4 is 29.9 Å². The van der Waals surface area contributed by atoms with Gasteiger partial charge in [0.15, 0.2) is 0 Å². The molecule has 0 N–H and O–H groups in total. The summed E-state index contributed by atoms with van der Waals surface area (Å²) in [5.74, 6) is 0. The molecular formula is C2H6BIO. The molecule has 0 heterocycles. The van der Waals surface area contributed by atoms with Crippen LogP contribution >= 0.6 is 23.0 Å². The van der Waals surface area contributed by atoms with Crippen molar-refractivity contribution in [2.75, 3.05) is 0 Å². The average Bonchev–Trinajstić information content (AvgIpc) is 1.38. The topological polar surface area (TPSA) is 9.23 Å². The van der Waals surface area contributed by atoms with Crippen molar-refractivity contribution in [3.05, 3.63) is 0 Å². The summed E-state index contributed by atoms with van der Waals surface area (Å²) in [4.78, 5) is 0. The molecule has 0 aromatic rings. The largest absolute Gasteiger partial charge is 0.378 e. The van der Waals surface area contributed by atoms with Gasteiger partial charge in [-0.3, -0.25) is 0 Å². The highest BCUT2D eigenvalue weighted by atomic mass is 127. The fourth-order valence-corrected chi connectivity index (χ4v) is 0. The fourth-order valence-electron chi connectivity index (χ4n) is 0. The van der Waals surface area contributed by atoms with Gasteiger partial charge in [-0.25, -0.2) is 0 Å². The van der Waals surface area contributed by atoms with Crippen molar-refractivity contribution in [2.24, 2.45) is 0 Å². The summed E-state index contributed by atoms with van der Waals surface area (Å²) in [6.45, 7) is 4.36. The molecule has 0 aromatic heterocycles. The predicted octanol–water partition coefficient (Wildman–Crippen LogP) is 1.60. The molecule has 0 saturated carbocycles. The highest BCUT2D eigenvalue weighted by Gasteiger charge is 1.90. The molecule has 30 valence electrons. The highest BCUT2D eigenvalue weighted by Crippen LogP contribution is 1.88. The van der Waals surface area contributed by atoms with Crippen LogP contribution in [0.1, 0.15) is 0 Å². The molecule has 0 radical (unpaired) electrons. The second-order valence-electron chi connectivity index (χ2n) is 1.14. The first-order valence-electron chi connectivity index (χ1n) is 1.54. The summed E-state index contributed by atoms with van der Waals surface area (Å²) in [6, 6.07) is 0. The van der Waals surface area contributed by atoms with Gasteiger partial charge in [-0.1, -0.05) is 13.6 Å². The molecule has 0 bridgehead atoms. The van der Waals surface area contributed by atoms with E-state index in [9.17, 15) is 0 Å². The maximum atomic E-state index is 4.72. The van der Waals surface area contributed by atoms with Crippen LogP contribution in [0, 0.1) is 0 Å². The minimum atomic E-state index is 0.371. The Hall–Kier alpha value is 0.755. The van der Waals surface area contributed by atoms with E-state index >= 15 is 0 Å². The van der Waals surface area contributed by atoms with E-state index in [-0.39, 0.29) is 0 Å². The minimum Gasteiger partial charge on any atom is -0.378 e. The predicted molar refractivity (Wildman–Crippen MR) is 32.6 cm³/mol. The SMILES string of the molecule is CB(C)OI. The minimum absolute atomic E-state index is 0.371. The van der Waals surface area contributed by atoms with Crippen LogP contribution in [0.5, 0.6) is 0 Å². The van der Waals surface area contributed by atoms with Crippen molar-refractivity contribution < 1.29 is 2.98 Å². The molecule has 0 spiro atoms. The molecular weight excluding hydrogens is 178 g/mol. The molecule has 0 fully saturated rings. The third-order valence-electron chi connectivity index (χ3n) is 0.178. The summed E-state index contributed by atoms with van der Waals surface area (Å²) in [7, 11) is 0. The van der Waals surface area contributed by atoms with Gasteiger partial charge in [-0.05, 0) is 0 Å². The average molecular weight is 184 g/mol. The van der Waals surface area contributed by atoms with Crippen LogP contribution in [0.25, 0.3) is 0 Å². The van der Waals surface area contributed by atoms with Crippen LogP contribution < -0.4 is 0 Å². The van der Waals surface area contributed by atoms with Gasteiger partial charge in [0.25, 0.3) is 0 Å². The number of rotatable bonds is 1. The zero-order valence-electron chi connectivity index (χ0n) is 3.36. The van der Waals surface area contributed by atoms with Gasteiger partial charge in [0.1, 0.15) is 0 Å². The third kappa shape index (κ3) is 4.75. The Morgan fingerprint density at radius 1 is 1.60 bits per heavy atom. The van der Waals surface area contributed by atoms with Crippen molar-refractivity contribution in [2.45, 2.75) is 13.6 Å². The van der Waals surface area contributed by atoms with Crippen LogP contribution in [-0.2, 0) is 2.98 Å². The highest BCUT2D eigenvalue weighted by molar-refractivity contribution is 14.1. The zero-order valence-corrected chi connectivity index (χ0v) is 5.52. The van der Waals surface area contributed by atoms with Gasteiger partial charge in [0.05, 0.1) is 23.0 Å². The fraction of sp³-hybridized carbons (Fsp3) is 1.00. The molecule has 5 heavy (non-hydrogen) atoms. The van der Waals surface area contributed by atoms with Gasteiger partial charge in [0, 0.05) is 0 Å². The smallest absolute Gasteiger partial charge is 0.302 e. The molecule has 3 heteroatoms. The monoisotopic (exact) mass is 184 g/mol. The van der Waals surface area contributed by atoms with E-state index in [4.69, 9.17) is 2.98 Å². The molecule has 0 unspecified atom stereocenters. The van der Waals surface area contributed by atoms with E-state index in [1.165, 1.54) is 0 Å². The molecule has 0 aliphatic rings. The Kier molecular flexibility index (Phi) is 3.41. The number of hydrogen-bond donors (Lipinski definition) is 0. The van der Waals surface area contributed by atoms with Gasteiger partial charge < -0.3 is 2.98 Å². The van der Waals surface area contributed by atoms with Gasteiger partial charge in [0.2, 0.25) is 0 Å².